The SMILES string of the molecule is CCCCCCCC/C=C\CCCCCCCC(=O)OC(COC(=O)CCCCCCCCCCCCCCC)COC(=O)CCCCCCCCCCCCCCCCCCCCCC. The summed E-state index contributed by atoms with van der Waals surface area (Å²) in [5.41, 5.74) is 0. The Hall–Kier alpha value is -1.85. The fourth-order valence-electron chi connectivity index (χ4n) is 9.03. The maximum atomic E-state index is 12.8. The van der Waals surface area contributed by atoms with Gasteiger partial charge in [0.25, 0.3) is 0 Å². The highest BCUT2D eigenvalue weighted by Crippen LogP contribution is 2.17. The predicted octanol–water partition coefficient (Wildman–Crippen LogP) is 19.7. The van der Waals surface area contributed by atoms with Crippen LogP contribution >= 0.6 is 0 Å². The second-order valence-electron chi connectivity index (χ2n) is 20.3. The first-order valence-electron chi connectivity index (χ1n) is 29.7. The fourth-order valence-corrected chi connectivity index (χ4v) is 9.03. The molecule has 1 unspecified atom stereocenters. The van der Waals surface area contributed by atoms with Crippen LogP contribution in [0.1, 0.15) is 335 Å². The van der Waals surface area contributed by atoms with E-state index in [1.807, 2.05) is 0 Å². The number of esters is 3. The smallest absolute Gasteiger partial charge is 0.306 e. The molecule has 0 aromatic heterocycles. The van der Waals surface area contributed by atoms with Crippen molar-refractivity contribution in [3.05, 3.63) is 12.2 Å². The Morgan fingerprint density at radius 1 is 0.288 bits per heavy atom. The zero-order valence-corrected chi connectivity index (χ0v) is 44.7. The molecule has 0 saturated carbocycles. The maximum Gasteiger partial charge on any atom is 0.306 e. The number of unbranched alkanes of at least 4 members (excludes halogenated alkanes) is 42. The van der Waals surface area contributed by atoms with E-state index in [0.717, 1.165) is 64.2 Å². The zero-order chi connectivity index (χ0) is 47.9. The summed E-state index contributed by atoms with van der Waals surface area (Å²) in [6.07, 6.45) is 63.5. The molecular formula is C60H114O6. The molecule has 0 aromatic carbocycles. The number of hydrogen-bond acceptors (Lipinski definition) is 6. The average Bonchev–Trinajstić information content (AvgIpc) is 3.31. The Kier molecular flexibility index (Phi) is 54.2. The first kappa shape index (κ1) is 64.2. The molecule has 0 aliphatic rings. The van der Waals surface area contributed by atoms with Crippen LogP contribution in [0.2, 0.25) is 0 Å². The predicted molar refractivity (Wildman–Crippen MR) is 284 cm³/mol. The van der Waals surface area contributed by atoms with Gasteiger partial charge in [0.1, 0.15) is 13.2 Å². The van der Waals surface area contributed by atoms with Crippen LogP contribution < -0.4 is 0 Å². The Morgan fingerprint density at radius 3 is 0.758 bits per heavy atom. The lowest BCUT2D eigenvalue weighted by Gasteiger charge is -2.18. The maximum absolute atomic E-state index is 12.8. The number of ether oxygens (including phenoxy) is 3. The van der Waals surface area contributed by atoms with Crippen molar-refractivity contribution in [3.8, 4) is 0 Å². The highest BCUT2D eigenvalue weighted by Gasteiger charge is 2.19. The van der Waals surface area contributed by atoms with Gasteiger partial charge in [-0.15, -0.1) is 0 Å². The van der Waals surface area contributed by atoms with Crippen molar-refractivity contribution in [1.29, 1.82) is 0 Å². The molecule has 0 spiro atoms. The number of hydrogen-bond donors (Lipinski definition) is 0. The molecule has 0 radical (unpaired) electrons. The molecule has 6 nitrogen and oxygen atoms in total. The lowest BCUT2D eigenvalue weighted by molar-refractivity contribution is -0.167. The number of carbonyl (C=O) groups excluding carboxylic acids is 3. The average molecular weight is 932 g/mol. The molecule has 0 aliphatic carbocycles. The van der Waals surface area contributed by atoms with E-state index in [2.05, 4.69) is 32.9 Å². The van der Waals surface area contributed by atoms with E-state index < -0.39 is 6.10 Å². The molecule has 0 amide bonds. The third kappa shape index (κ3) is 53.1. The molecule has 0 aromatic rings. The molecule has 0 bridgehead atoms. The Labute approximate surface area is 411 Å². The first-order chi connectivity index (χ1) is 32.5. The molecule has 0 rings (SSSR count). The summed E-state index contributed by atoms with van der Waals surface area (Å²) < 4.78 is 16.9. The Balaban J connectivity index is 4.27. The van der Waals surface area contributed by atoms with Crippen LogP contribution in [0.15, 0.2) is 12.2 Å². The highest BCUT2D eigenvalue weighted by atomic mass is 16.6. The van der Waals surface area contributed by atoms with Crippen LogP contribution in [0.3, 0.4) is 0 Å². The van der Waals surface area contributed by atoms with Gasteiger partial charge in [0.15, 0.2) is 6.10 Å². The van der Waals surface area contributed by atoms with E-state index in [1.165, 1.54) is 231 Å². The summed E-state index contributed by atoms with van der Waals surface area (Å²) in [6.45, 7) is 6.69. The van der Waals surface area contributed by atoms with Crippen LogP contribution in [-0.4, -0.2) is 37.2 Å². The quantitative estimate of drug-likeness (QED) is 0.0262. The van der Waals surface area contributed by atoms with Gasteiger partial charge in [0.2, 0.25) is 0 Å². The van der Waals surface area contributed by atoms with Crippen molar-refractivity contribution in [3.63, 3.8) is 0 Å². The lowest BCUT2D eigenvalue weighted by atomic mass is 10.0. The molecule has 0 N–H and O–H groups in total. The van der Waals surface area contributed by atoms with Gasteiger partial charge in [-0.3, -0.25) is 14.4 Å². The second kappa shape index (κ2) is 55.7. The lowest BCUT2D eigenvalue weighted by Crippen LogP contribution is -2.30. The summed E-state index contributed by atoms with van der Waals surface area (Å²) in [5.74, 6) is -0.851. The molecular weight excluding hydrogens is 817 g/mol. The normalized spacial score (nSPS) is 12.0. The molecule has 0 heterocycles. The second-order valence-corrected chi connectivity index (χ2v) is 20.3. The van der Waals surface area contributed by atoms with Crippen molar-refractivity contribution < 1.29 is 28.6 Å². The van der Waals surface area contributed by atoms with Gasteiger partial charge in [-0.25, -0.2) is 0 Å². The van der Waals surface area contributed by atoms with E-state index in [1.54, 1.807) is 0 Å². The van der Waals surface area contributed by atoms with Crippen LogP contribution in [0.5, 0.6) is 0 Å². The Bertz CT molecular complexity index is 1020. The van der Waals surface area contributed by atoms with E-state index >= 15 is 0 Å². The minimum atomic E-state index is -0.768. The van der Waals surface area contributed by atoms with Crippen molar-refractivity contribution >= 4 is 17.9 Å². The topological polar surface area (TPSA) is 78.9 Å². The molecule has 390 valence electrons. The summed E-state index contributed by atoms with van der Waals surface area (Å²) in [4.78, 5) is 38.1. The largest absolute Gasteiger partial charge is 0.462 e. The minimum absolute atomic E-state index is 0.0673. The molecule has 66 heavy (non-hydrogen) atoms. The molecule has 0 saturated heterocycles. The van der Waals surface area contributed by atoms with Crippen molar-refractivity contribution in [1.82, 2.24) is 0 Å². The first-order valence-corrected chi connectivity index (χ1v) is 29.7. The van der Waals surface area contributed by atoms with Crippen molar-refractivity contribution in [2.75, 3.05) is 13.2 Å². The third-order valence-corrected chi connectivity index (χ3v) is 13.5. The fraction of sp³-hybridized carbons (Fsp3) is 0.917. The van der Waals surface area contributed by atoms with E-state index in [0.29, 0.717) is 19.3 Å². The Morgan fingerprint density at radius 2 is 0.500 bits per heavy atom. The third-order valence-electron chi connectivity index (χ3n) is 13.5. The minimum Gasteiger partial charge on any atom is -0.462 e. The van der Waals surface area contributed by atoms with E-state index in [9.17, 15) is 14.4 Å². The standard InChI is InChI=1S/C60H114O6/c1-4-7-10-13-16-19-22-25-27-28-29-30-31-33-35-38-41-44-47-50-53-59(62)65-56-57(55-64-58(61)52-49-46-43-40-37-34-24-21-18-15-12-9-6-3)66-60(63)54-51-48-45-42-39-36-32-26-23-20-17-14-11-8-5-2/h26,32,57H,4-25,27-31,33-56H2,1-3H3/b32-26-. The molecule has 1 atom stereocenters. The molecule has 0 fully saturated rings. The monoisotopic (exact) mass is 931 g/mol. The van der Waals surface area contributed by atoms with Crippen molar-refractivity contribution in [2.45, 2.75) is 341 Å². The summed E-state index contributed by atoms with van der Waals surface area (Å²) in [7, 11) is 0. The van der Waals surface area contributed by atoms with Crippen LogP contribution in [0.4, 0.5) is 0 Å². The number of rotatable bonds is 55. The number of allylic oxidation sites excluding steroid dienone is 2. The van der Waals surface area contributed by atoms with E-state index in [-0.39, 0.29) is 31.1 Å². The summed E-state index contributed by atoms with van der Waals surface area (Å²) >= 11 is 0. The van der Waals surface area contributed by atoms with Crippen LogP contribution in [0, 0.1) is 0 Å². The van der Waals surface area contributed by atoms with Gasteiger partial charge >= 0.3 is 17.9 Å². The summed E-state index contributed by atoms with van der Waals surface area (Å²) in [6, 6.07) is 0. The van der Waals surface area contributed by atoms with Gasteiger partial charge in [-0.05, 0) is 44.9 Å². The van der Waals surface area contributed by atoms with Gasteiger partial charge in [-0.1, -0.05) is 283 Å². The van der Waals surface area contributed by atoms with Crippen LogP contribution in [0.25, 0.3) is 0 Å². The zero-order valence-electron chi connectivity index (χ0n) is 44.7. The summed E-state index contributed by atoms with van der Waals surface area (Å²) in [5, 5.41) is 0. The van der Waals surface area contributed by atoms with Gasteiger partial charge in [0, 0.05) is 19.3 Å². The highest BCUT2D eigenvalue weighted by molar-refractivity contribution is 5.71. The van der Waals surface area contributed by atoms with Gasteiger partial charge in [0.05, 0.1) is 0 Å². The van der Waals surface area contributed by atoms with E-state index in [4.69, 9.17) is 14.2 Å². The van der Waals surface area contributed by atoms with Crippen molar-refractivity contribution in [2.24, 2.45) is 0 Å². The number of carbonyl (C=O) groups is 3. The molecule has 0 aliphatic heterocycles. The molecule has 6 heteroatoms. The van der Waals surface area contributed by atoms with Gasteiger partial charge in [-0.2, -0.15) is 0 Å². The van der Waals surface area contributed by atoms with Gasteiger partial charge < -0.3 is 14.2 Å². The van der Waals surface area contributed by atoms with Crippen LogP contribution in [-0.2, 0) is 28.6 Å².